The maximum atomic E-state index is 11.1. The van der Waals surface area contributed by atoms with Crippen molar-refractivity contribution in [1.82, 2.24) is 5.32 Å². The summed E-state index contributed by atoms with van der Waals surface area (Å²) in [6, 6.07) is 9.67. The first-order chi connectivity index (χ1) is 7.69. The topological polar surface area (TPSA) is 58.4 Å². The van der Waals surface area contributed by atoms with Crippen LogP contribution in [0.4, 0.5) is 5.69 Å². The van der Waals surface area contributed by atoms with Gasteiger partial charge in [-0.15, -0.1) is 0 Å². The highest BCUT2D eigenvalue weighted by molar-refractivity contribution is 5.80. The van der Waals surface area contributed by atoms with E-state index >= 15 is 0 Å². The minimum atomic E-state index is -0.322. The summed E-state index contributed by atoms with van der Waals surface area (Å²) in [4.78, 5) is 13.3. The third-order valence-electron chi connectivity index (χ3n) is 2.60. The number of primary amides is 1. The van der Waals surface area contributed by atoms with E-state index in [2.05, 4.69) is 17.1 Å². The average Bonchev–Trinajstić information content (AvgIpc) is 2.31. The van der Waals surface area contributed by atoms with E-state index in [0.717, 1.165) is 12.2 Å². The van der Waals surface area contributed by atoms with Crippen LogP contribution >= 0.6 is 0 Å². The molecule has 0 saturated carbocycles. The Hall–Kier alpha value is -1.55. The normalized spacial score (nSPS) is 12.1. The molecule has 1 atom stereocenters. The number of amides is 1. The molecule has 0 aliphatic rings. The fraction of sp³-hybridized carbons (Fsp3) is 0.417. The van der Waals surface area contributed by atoms with Crippen LogP contribution in [0, 0.1) is 0 Å². The number of hydrogen-bond acceptors (Lipinski definition) is 3. The fourth-order valence-corrected chi connectivity index (χ4v) is 1.60. The van der Waals surface area contributed by atoms with Crippen LogP contribution in [-0.2, 0) is 4.79 Å². The van der Waals surface area contributed by atoms with Gasteiger partial charge in [0.1, 0.15) is 6.04 Å². The van der Waals surface area contributed by atoms with Crippen LogP contribution in [0.2, 0.25) is 0 Å². The van der Waals surface area contributed by atoms with E-state index in [1.165, 1.54) is 0 Å². The molecule has 0 radical (unpaired) electrons. The maximum Gasteiger partial charge on any atom is 0.236 e. The van der Waals surface area contributed by atoms with Gasteiger partial charge in [-0.3, -0.25) is 4.79 Å². The van der Waals surface area contributed by atoms with Crippen molar-refractivity contribution in [2.75, 3.05) is 25.0 Å². The smallest absolute Gasteiger partial charge is 0.236 e. The van der Waals surface area contributed by atoms with Crippen molar-refractivity contribution in [2.45, 2.75) is 13.0 Å². The number of nitrogens with two attached hydrogens (primary N) is 1. The summed E-state index contributed by atoms with van der Waals surface area (Å²) >= 11 is 0. The largest absolute Gasteiger partial charge is 0.370 e. The lowest BCUT2D eigenvalue weighted by Gasteiger charge is -2.26. The molecule has 0 heterocycles. The Labute approximate surface area is 96.4 Å². The van der Waals surface area contributed by atoms with Crippen molar-refractivity contribution in [3.8, 4) is 0 Å². The molecule has 1 rings (SSSR count). The summed E-state index contributed by atoms with van der Waals surface area (Å²) in [6.07, 6.45) is 0. The number of carbonyl (C=O) groups is 1. The lowest BCUT2D eigenvalue weighted by atomic mass is 10.2. The molecule has 0 fully saturated rings. The quantitative estimate of drug-likeness (QED) is 0.739. The van der Waals surface area contributed by atoms with E-state index in [1.807, 2.05) is 30.3 Å². The van der Waals surface area contributed by atoms with Crippen LogP contribution in [-0.4, -0.2) is 32.1 Å². The molecule has 3 N–H and O–H groups in total. The van der Waals surface area contributed by atoms with Crippen molar-refractivity contribution in [3.63, 3.8) is 0 Å². The highest BCUT2D eigenvalue weighted by Crippen LogP contribution is 2.12. The Bertz CT molecular complexity index is 326. The summed E-state index contributed by atoms with van der Waals surface area (Å²) in [5, 5.41) is 2.92. The lowest BCUT2D eigenvalue weighted by molar-refractivity contribution is -0.119. The Balaban J connectivity index is 2.72. The summed E-state index contributed by atoms with van der Waals surface area (Å²) in [5.41, 5.74) is 6.40. The Morgan fingerprint density at radius 3 is 2.50 bits per heavy atom. The van der Waals surface area contributed by atoms with Gasteiger partial charge in [0.2, 0.25) is 5.91 Å². The number of anilines is 1. The molecule has 0 aliphatic heterocycles. The standard InChI is InChI=1S/C12H19N3O/c1-3-15(9-11(14-2)12(13)16)10-7-5-4-6-8-10/h4-8,11,14H,3,9H2,1-2H3,(H2,13,16). The molecular formula is C12H19N3O. The molecule has 1 unspecified atom stereocenters. The number of nitrogens with one attached hydrogen (secondary N) is 1. The highest BCUT2D eigenvalue weighted by atomic mass is 16.1. The van der Waals surface area contributed by atoms with Gasteiger partial charge < -0.3 is 16.0 Å². The molecule has 0 saturated heterocycles. The van der Waals surface area contributed by atoms with Crippen LogP contribution in [0.1, 0.15) is 6.92 Å². The van der Waals surface area contributed by atoms with Gasteiger partial charge in [-0.25, -0.2) is 0 Å². The summed E-state index contributed by atoms with van der Waals surface area (Å²) in [5.74, 6) is -0.322. The number of para-hydroxylation sites is 1. The first-order valence-electron chi connectivity index (χ1n) is 5.45. The summed E-state index contributed by atoms with van der Waals surface area (Å²) < 4.78 is 0. The number of rotatable bonds is 6. The van der Waals surface area contributed by atoms with E-state index < -0.39 is 0 Å². The van der Waals surface area contributed by atoms with Gasteiger partial charge >= 0.3 is 0 Å². The van der Waals surface area contributed by atoms with Crippen LogP contribution in [0.25, 0.3) is 0 Å². The lowest BCUT2D eigenvalue weighted by Crippen LogP contribution is -2.47. The molecular weight excluding hydrogens is 202 g/mol. The number of nitrogens with zero attached hydrogens (tertiary/aromatic N) is 1. The third-order valence-corrected chi connectivity index (χ3v) is 2.60. The molecule has 1 amide bonds. The van der Waals surface area contributed by atoms with Gasteiger partial charge in [-0.05, 0) is 26.1 Å². The van der Waals surface area contributed by atoms with Crippen molar-refractivity contribution in [1.29, 1.82) is 0 Å². The first-order valence-corrected chi connectivity index (χ1v) is 5.45. The van der Waals surface area contributed by atoms with Gasteiger partial charge in [0, 0.05) is 18.8 Å². The zero-order valence-electron chi connectivity index (χ0n) is 9.81. The van der Waals surface area contributed by atoms with E-state index in [9.17, 15) is 4.79 Å². The van der Waals surface area contributed by atoms with Gasteiger partial charge in [-0.1, -0.05) is 18.2 Å². The molecule has 0 bridgehead atoms. The van der Waals surface area contributed by atoms with Crippen molar-refractivity contribution in [2.24, 2.45) is 5.73 Å². The molecule has 0 aliphatic carbocycles. The number of carbonyl (C=O) groups excluding carboxylic acids is 1. The number of likely N-dealkylation sites (N-methyl/N-ethyl adjacent to an activating group) is 2. The molecule has 88 valence electrons. The van der Waals surface area contributed by atoms with E-state index in [4.69, 9.17) is 5.73 Å². The van der Waals surface area contributed by atoms with Crippen molar-refractivity contribution < 1.29 is 4.79 Å². The predicted octanol–water partition coefficient (Wildman–Crippen LogP) is 0.586. The molecule has 4 nitrogen and oxygen atoms in total. The summed E-state index contributed by atoms with van der Waals surface area (Å²) in [6.45, 7) is 3.49. The molecule has 4 heteroatoms. The van der Waals surface area contributed by atoms with E-state index in [1.54, 1.807) is 7.05 Å². The maximum absolute atomic E-state index is 11.1. The second-order valence-corrected chi connectivity index (χ2v) is 3.62. The molecule has 0 spiro atoms. The Morgan fingerprint density at radius 2 is 2.06 bits per heavy atom. The Morgan fingerprint density at radius 1 is 1.44 bits per heavy atom. The Kier molecular flexibility index (Phi) is 4.79. The van der Waals surface area contributed by atoms with Gasteiger partial charge in [0.25, 0.3) is 0 Å². The van der Waals surface area contributed by atoms with Crippen LogP contribution < -0.4 is 16.0 Å². The number of benzene rings is 1. The van der Waals surface area contributed by atoms with Crippen LogP contribution in [0.5, 0.6) is 0 Å². The number of hydrogen-bond donors (Lipinski definition) is 2. The third kappa shape index (κ3) is 3.24. The van der Waals surface area contributed by atoms with Crippen molar-refractivity contribution in [3.05, 3.63) is 30.3 Å². The zero-order valence-corrected chi connectivity index (χ0v) is 9.81. The second kappa shape index (κ2) is 6.12. The minimum Gasteiger partial charge on any atom is -0.370 e. The van der Waals surface area contributed by atoms with E-state index in [0.29, 0.717) is 6.54 Å². The van der Waals surface area contributed by atoms with Gasteiger partial charge in [0.15, 0.2) is 0 Å². The molecule has 16 heavy (non-hydrogen) atoms. The second-order valence-electron chi connectivity index (χ2n) is 3.62. The minimum absolute atomic E-state index is 0.319. The van der Waals surface area contributed by atoms with Crippen LogP contribution in [0.3, 0.4) is 0 Å². The summed E-state index contributed by atoms with van der Waals surface area (Å²) in [7, 11) is 1.74. The molecule has 0 aromatic heterocycles. The first kappa shape index (κ1) is 12.5. The highest BCUT2D eigenvalue weighted by Gasteiger charge is 2.16. The van der Waals surface area contributed by atoms with Gasteiger partial charge in [0.05, 0.1) is 0 Å². The van der Waals surface area contributed by atoms with Crippen LogP contribution in [0.15, 0.2) is 30.3 Å². The molecule has 1 aromatic carbocycles. The monoisotopic (exact) mass is 221 g/mol. The fourth-order valence-electron chi connectivity index (χ4n) is 1.60. The predicted molar refractivity (Wildman–Crippen MR) is 66.4 cm³/mol. The SMILES string of the molecule is CCN(CC(NC)C(N)=O)c1ccccc1. The van der Waals surface area contributed by atoms with Crippen molar-refractivity contribution >= 4 is 11.6 Å². The molecule has 1 aromatic rings. The van der Waals surface area contributed by atoms with Gasteiger partial charge in [-0.2, -0.15) is 0 Å². The zero-order chi connectivity index (χ0) is 12.0. The van der Waals surface area contributed by atoms with E-state index in [-0.39, 0.29) is 11.9 Å². The average molecular weight is 221 g/mol.